The molecule has 0 spiro atoms. The van der Waals surface area contributed by atoms with Crippen LogP contribution < -0.4 is 20.6 Å². The van der Waals surface area contributed by atoms with Gasteiger partial charge in [0.25, 0.3) is 0 Å². The second-order valence-corrected chi connectivity index (χ2v) is 6.70. The number of carbonyl (C=O) groups is 1. The maximum atomic E-state index is 12.4. The maximum Gasteiger partial charge on any atom is 0.339 e. The monoisotopic (exact) mass is 381 g/mol. The molecule has 0 bridgehead atoms. The Morgan fingerprint density at radius 3 is 2.68 bits per heavy atom. The molecule has 0 fully saturated rings. The number of methoxy groups -OCH3 is 1. The molecule has 3 aromatic rings. The zero-order valence-corrected chi connectivity index (χ0v) is 16.4. The lowest BCUT2D eigenvalue weighted by Gasteiger charge is -2.12. The van der Waals surface area contributed by atoms with Gasteiger partial charge in [0.15, 0.2) is 0 Å². The summed E-state index contributed by atoms with van der Waals surface area (Å²) in [4.78, 5) is 30.8. The molecular formula is C21H23N3O4. The van der Waals surface area contributed by atoms with E-state index in [-0.39, 0.29) is 12.3 Å². The van der Waals surface area contributed by atoms with E-state index in [1.807, 2.05) is 44.1 Å². The van der Waals surface area contributed by atoms with E-state index in [1.54, 1.807) is 25.4 Å². The van der Waals surface area contributed by atoms with E-state index in [1.165, 1.54) is 0 Å². The topological polar surface area (TPSA) is 84.7 Å². The van der Waals surface area contributed by atoms with Gasteiger partial charge in [0.2, 0.25) is 5.91 Å². The Morgan fingerprint density at radius 1 is 1.25 bits per heavy atom. The van der Waals surface area contributed by atoms with Gasteiger partial charge in [0, 0.05) is 37.5 Å². The second-order valence-electron chi connectivity index (χ2n) is 6.70. The standard InChI is InChI=1S/C21H23N3O4/c1-13-16-7-6-15(27-4)11-18(16)28-21(26)17(13)8-10-20(25)23-14-5-9-19(22-12-14)24(2)3/h5-7,9,11-12H,8,10H2,1-4H3,(H,23,25). The van der Waals surface area contributed by atoms with Crippen molar-refractivity contribution in [1.29, 1.82) is 0 Å². The van der Waals surface area contributed by atoms with Crippen LogP contribution in [0.5, 0.6) is 5.75 Å². The molecule has 0 radical (unpaired) electrons. The summed E-state index contributed by atoms with van der Waals surface area (Å²) < 4.78 is 10.6. The van der Waals surface area contributed by atoms with Crippen LogP contribution in [0.15, 0.2) is 45.7 Å². The van der Waals surface area contributed by atoms with Gasteiger partial charge in [0.05, 0.1) is 19.0 Å². The molecule has 0 saturated carbocycles. The van der Waals surface area contributed by atoms with Gasteiger partial charge in [-0.25, -0.2) is 9.78 Å². The van der Waals surface area contributed by atoms with Crippen molar-refractivity contribution in [2.45, 2.75) is 19.8 Å². The van der Waals surface area contributed by atoms with Crippen LogP contribution in [0.3, 0.4) is 0 Å². The van der Waals surface area contributed by atoms with Gasteiger partial charge >= 0.3 is 5.63 Å². The summed E-state index contributed by atoms with van der Waals surface area (Å²) in [5.41, 5.74) is 1.99. The Morgan fingerprint density at radius 2 is 2.04 bits per heavy atom. The van der Waals surface area contributed by atoms with Gasteiger partial charge < -0.3 is 19.4 Å². The molecule has 0 atom stereocenters. The summed E-state index contributed by atoms with van der Waals surface area (Å²) >= 11 is 0. The number of carbonyl (C=O) groups excluding carboxylic acids is 1. The van der Waals surface area contributed by atoms with Crippen molar-refractivity contribution in [3.05, 3.63) is 58.1 Å². The van der Waals surface area contributed by atoms with Gasteiger partial charge in [-0.1, -0.05) is 0 Å². The molecule has 3 rings (SSSR count). The Kier molecular flexibility index (Phi) is 5.63. The van der Waals surface area contributed by atoms with Crippen LogP contribution in [-0.2, 0) is 11.2 Å². The van der Waals surface area contributed by atoms with Crippen molar-refractivity contribution in [3.8, 4) is 5.75 Å². The number of aryl methyl sites for hydroxylation is 1. The Labute approximate surface area is 162 Å². The zero-order valence-electron chi connectivity index (χ0n) is 16.4. The van der Waals surface area contributed by atoms with Crippen LogP contribution in [-0.4, -0.2) is 32.1 Å². The normalized spacial score (nSPS) is 10.7. The minimum Gasteiger partial charge on any atom is -0.497 e. The first-order valence-corrected chi connectivity index (χ1v) is 8.92. The number of hydrogen-bond donors (Lipinski definition) is 1. The fourth-order valence-electron chi connectivity index (χ4n) is 2.98. The van der Waals surface area contributed by atoms with E-state index in [0.29, 0.717) is 29.0 Å². The molecule has 0 aliphatic rings. The molecule has 0 saturated heterocycles. The highest BCUT2D eigenvalue weighted by Gasteiger charge is 2.14. The number of pyridine rings is 1. The molecule has 1 amide bonds. The van der Waals surface area contributed by atoms with E-state index < -0.39 is 5.63 Å². The van der Waals surface area contributed by atoms with Crippen molar-refractivity contribution in [3.63, 3.8) is 0 Å². The number of anilines is 2. The summed E-state index contributed by atoms with van der Waals surface area (Å²) in [5, 5.41) is 3.63. The molecule has 2 heterocycles. The number of aromatic nitrogens is 1. The Balaban J connectivity index is 1.72. The van der Waals surface area contributed by atoms with Gasteiger partial charge in [-0.2, -0.15) is 0 Å². The van der Waals surface area contributed by atoms with E-state index in [2.05, 4.69) is 10.3 Å². The van der Waals surface area contributed by atoms with Crippen LogP contribution in [0, 0.1) is 6.92 Å². The Hall–Kier alpha value is -3.35. The lowest BCUT2D eigenvalue weighted by Crippen LogP contribution is -2.17. The first kappa shape index (κ1) is 19.4. The van der Waals surface area contributed by atoms with Crippen LogP contribution in [0.25, 0.3) is 11.0 Å². The molecule has 28 heavy (non-hydrogen) atoms. The number of amides is 1. The highest BCUT2D eigenvalue weighted by molar-refractivity contribution is 5.91. The lowest BCUT2D eigenvalue weighted by molar-refractivity contribution is -0.116. The summed E-state index contributed by atoms with van der Waals surface area (Å²) in [6, 6.07) is 8.98. The second kappa shape index (κ2) is 8.12. The quantitative estimate of drug-likeness (QED) is 0.661. The summed E-state index contributed by atoms with van der Waals surface area (Å²) in [6.07, 6.45) is 2.07. The molecule has 0 aliphatic carbocycles. The third-order valence-corrected chi connectivity index (χ3v) is 4.59. The fourth-order valence-corrected chi connectivity index (χ4v) is 2.98. The van der Waals surface area contributed by atoms with Gasteiger partial charge in [-0.15, -0.1) is 0 Å². The minimum atomic E-state index is -0.428. The molecule has 146 valence electrons. The average molecular weight is 381 g/mol. The zero-order chi connectivity index (χ0) is 20.3. The first-order chi connectivity index (χ1) is 13.4. The van der Waals surface area contributed by atoms with E-state index >= 15 is 0 Å². The maximum absolute atomic E-state index is 12.4. The van der Waals surface area contributed by atoms with Gasteiger partial charge in [-0.05, 0) is 43.2 Å². The molecule has 2 aromatic heterocycles. The van der Waals surface area contributed by atoms with Crippen molar-refractivity contribution >= 4 is 28.4 Å². The third kappa shape index (κ3) is 4.14. The lowest BCUT2D eigenvalue weighted by atomic mass is 10.0. The largest absolute Gasteiger partial charge is 0.497 e. The van der Waals surface area contributed by atoms with E-state index in [9.17, 15) is 9.59 Å². The van der Waals surface area contributed by atoms with Crippen LogP contribution in [0.1, 0.15) is 17.5 Å². The molecule has 1 aromatic carbocycles. The first-order valence-electron chi connectivity index (χ1n) is 8.92. The number of benzene rings is 1. The number of nitrogens with zero attached hydrogens (tertiary/aromatic N) is 2. The number of ether oxygens (including phenoxy) is 1. The Bertz CT molecular complexity index is 1060. The highest BCUT2D eigenvalue weighted by Crippen LogP contribution is 2.24. The van der Waals surface area contributed by atoms with Crippen LogP contribution in [0.2, 0.25) is 0 Å². The molecule has 0 unspecified atom stereocenters. The highest BCUT2D eigenvalue weighted by atomic mass is 16.5. The molecule has 7 nitrogen and oxygen atoms in total. The van der Waals surface area contributed by atoms with Crippen LogP contribution in [0.4, 0.5) is 11.5 Å². The number of hydrogen-bond acceptors (Lipinski definition) is 6. The molecule has 0 aliphatic heterocycles. The van der Waals surface area contributed by atoms with Crippen molar-refractivity contribution in [2.75, 3.05) is 31.4 Å². The van der Waals surface area contributed by atoms with Crippen molar-refractivity contribution < 1.29 is 13.9 Å². The number of fused-ring (bicyclic) bond motifs is 1. The predicted molar refractivity (Wildman–Crippen MR) is 109 cm³/mol. The predicted octanol–water partition coefficient (Wildman–Crippen LogP) is 3.14. The summed E-state index contributed by atoms with van der Waals surface area (Å²) in [5.74, 6) is 1.24. The molecule has 7 heteroatoms. The fraction of sp³-hybridized carbons (Fsp3) is 0.286. The van der Waals surface area contributed by atoms with E-state index in [0.717, 1.165) is 16.8 Å². The summed E-state index contributed by atoms with van der Waals surface area (Å²) in [6.45, 7) is 1.86. The summed E-state index contributed by atoms with van der Waals surface area (Å²) in [7, 11) is 5.35. The van der Waals surface area contributed by atoms with Gasteiger partial charge in [0.1, 0.15) is 17.2 Å². The van der Waals surface area contributed by atoms with Crippen LogP contribution >= 0.6 is 0 Å². The SMILES string of the molecule is COc1ccc2c(C)c(CCC(=O)Nc3ccc(N(C)C)nc3)c(=O)oc2c1. The molecule has 1 N–H and O–H groups in total. The van der Waals surface area contributed by atoms with Crippen molar-refractivity contribution in [2.24, 2.45) is 0 Å². The number of nitrogens with one attached hydrogen (secondary N) is 1. The average Bonchev–Trinajstić information content (AvgIpc) is 2.67. The number of rotatable bonds is 6. The van der Waals surface area contributed by atoms with Crippen molar-refractivity contribution in [1.82, 2.24) is 4.98 Å². The molecular weight excluding hydrogens is 358 g/mol. The van der Waals surface area contributed by atoms with E-state index in [4.69, 9.17) is 9.15 Å². The van der Waals surface area contributed by atoms with Gasteiger partial charge in [-0.3, -0.25) is 4.79 Å². The minimum absolute atomic E-state index is 0.169. The third-order valence-electron chi connectivity index (χ3n) is 4.59. The smallest absolute Gasteiger partial charge is 0.339 e.